The Balaban J connectivity index is 2.42. The van der Waals surface area contributed by atoms with E-state index in [2.05, 4.69) is 17.6 Å². The number of hydrogen-bond donors (Lipinski definition) is 3. The highest BCUT2D eigenvalue weighted by Crippen LogP contribution is 2.44. The molecule has 5 nitrogen and oxygen atoms in total. The summed E-state index contributed by atoms with van der Waals surface area (Å²) in [6, 6.07) is 0. The van der Waals surface area contributed by atoms with Crippen LogP contribution in [0.1, 0.15) is 19.8 Å². The minimum absolute atomic E-state index is 0.0332. The van der Waals surface area contributed by atoms with Crippen molar-refractivity contribution in [1.29, 1.82) is 0 Å². The first-order chi connectivity index (χ1) is 7.04. The predicted molar refractivity (Wildman–Crippen MR) is 57.0 cm³/mol. The van der Waals surface area contributed by atoms with Crippen molar-refractivity contribution in [3.8, 4) is 0 Å². The Bertz CT molecular complexity index is 259. The van der Waals surface area contributed by atoms with Gasteiger partial charge in [-0.15, -0.1) is 0 Å². The van der Waals surface area contributed by atoms with Gasteiger partial charge in [0.1, 0.15) is 0 Å². The Morgan fingerprint density at radius 2 is 2.07 bits per heavy atom. The average molecular weight is 213 g/mol. The highest BCUT2D eigenvalue weighted by atomic mass is 16.2. The van der Waals surface area contributed by atoms with Crippen LogP contribution < -0.4 is 16.4 Å². The predicted octanol–water partition coefficient (Wildman–Crippen LogP) is -0.776. The summed E-state index contributed by atoms with van der Waals surface area (Å²) in [6.45, 7) is 2.49. The Hall–Kier alpha value is -1.10. The van der Waals surface area contributed by atoms with Crippen LogP contribution in [-0.2, 0) is 9.59 Å². The van der Waals surface area contributed by atoms with E-state index in [0.29, 0.717) is 12.5 Å². The molecule has 2 amide bonds. The van der Waals surface area contributed by atoms with Gasteiger partial charge in [0.2, 0.25) is 11.8 Å². The zero-order valence-corrected chi connectivity index (χ0v) is 9.30. The number of carbonyl (C=O) groups excluding carboxylic acids is 2. The van der Waals surface area contributed by atoms with Gasteiger partial charge in [0.05, 0.1) is 12.0 Å². The lowest BCUT2D eigenvalue weighted by Crippen LogP contribution is -2.54. The fraction of sp³-hybridized carbons (Fsp3) is 0.800. The fourth-order valence-corrected chi connectivity index (χ4v) is 2.16. The van der Waals surface area contributed by atoms with Gasteiger partial charge < -0.3 is 16.4 Å². The van der Waals surface area contributed by atoms with Crippen molar-refractivity contribution in [3.05, 3.63) is 0 Å². The zero-order chi connectivity index (χ0) is 11.5. The molecule has 5 heteroatoms. The van der Waals surface area contributed by atoms with Crippen molar-refractivity contribution >= 4 is 11.8 Å². The second-order valence-electron chi connectivity index (χ2n) is 4.35. The standard InChI is InChI=1S/C10H19N3O2/c1-7-3-10(4-7,6-11)9(15)13-5-8(14)12-2/h7H,3-6,11H2,1-2H3,(H,12,14)(H,13,15). The third kappa shape index (κ3) is 2.47. The van der Waals surface area contributed by atoms with Crippen molar-refractivity contribution in [2.75, 3.05) is 20.1 Å². The van der Waals surface area contributed by atoms with Crippen LogP contribution in [0.25, 0.3) is 0 Å². The molecule has 0 atom stereocenters. The Labute approximate surface area is 89.8 Å². The molecule has 0 spiro atoms. The lowest BCUT2D eigenvalue weighted by atomic mass is 9.62. The van der Waals surface area contributed by atoms with E-state index in [9.17, 15) is 9.59 Å². The molecule has 15 heavy (non-hydrogen) atoms. The fourth-order valence-electron chi connectivity index (χ4n) is 2.16. The van der Waals surface area contributed by atoms with Crippen molar-refractivity contribution in [3.63, 3.8) is 0 Å². The Morgan fingerprint density at radius 1 is 1.47 bits per heavy atom. The number of carbonyl (C=O) groups is 2. The van der Waals surface area contributed by atoms with Gasteiger partial charge in [-0.3, -0.25) is 9.59 Å². The molecule has 0 heterocycles. The molecule has 1 saturated carbocycles. The highest BCUT2D eigenvalue weighted by molar-refractivity contribution is 5.88. The van der Waals surface area contributed by atoms with Crippen LogP contribution in [0, 0.1) is 11.3 Å². The normalized spacial score (nSPS) is 29.1. The van der Waals surface area contributed by atoms with Crippen LogP contribution in [0.4, 0.5) is 0 Å². The molecule has 0 aliphatic heterocycles. The molecule has 0 unspecified atom stereocenters. The van der Waals surface area contributed by atoms with Crippen LogP contribution in [0.15, 0.2) is 0 Å². The van der Waals surface area contributed by atoms with Crippen LogP contribution in [0.2, 0.25) is 0 Å². The molecule has 0 aromatic heterocycles. The molecule has 0 saturated heterocycles. The van der Waals surface area contributed by atoms with E-state index in [0.717, 1.165) is 12.8 Å². The van der Waals surface area contributed by atoms with Crippen molar-refractivity contribution in [1.82, 2.24) is 10.6 Å². The maximum Gasteiger partial charge on any atom is 0.239 e. The SMILES string of the molecule is CNC(=O)CNC(=O)C1(CN)CC(C)C1. The van der Waals surface area contributed by atoms with Crippen molar-refractivity contribution < 1.29 is 9.59 Å². The molecule has 86 valence electrons. The second kappa shape index (κ2) is 4.61. The average Bonchev–Trinajstić information content (AvgIpc) is 2.20. The van der Waals surface area contributed by atoms with Crippen LogP contribution in [-0.4, -0.2) is 32.0 Å². The number of likely N-dealkylation sites (N-methyl/N-ethyl adjacent to an activating group) is 1. The molecule has 4 N–H and O–H groups in total. The summed E-state index contributed by atoms with van der Waals surface area (Å²) >= 11 is 0. The highest BCUT2D eigenvalue weighted by Gasteiger charge is 2.46. The van der Waals surface area contributed by atoms with Crippen LogP contribution >= 0.6 is 0 Å². The number of hydrogen-bond acceptors (Lipinski definition) is 3. The molecule has 1 fully saturated rings. The maximum absolute atomic E-state index is 11.8. The number of nitrogens with two attached hydrogens (primary N) is 1. The molecular weight excluding hydrogens is 194 g/mol. The molecule has 1 aliphatic rings. The van der Waals surface area contributed by atoms with E-state index in [4.69, 9.17) is 5.73 Å². The summed E-state index contributed by atoms with van der Waals surface area (Å²) < 4.78 is 0. The molecule has 0 radical (unpaired) electrons. The van der Waals surface area contributed by atoms with E-state index < -0.39 is 5.41 Å². The third-order valence-corrected chi connectivity index (χ3v) is 3.04. The first kappa shape index (κ1) is 12.0. The van der Waals surface area contributed by atoms with Gasteiger partial charge in [-0.1, -0.05) is 6.92 Å². The zero-order valence-electron chi connectivity index (χ0n) is 9.30. The minimum Gasteiger partial charge on any atom is -0.358 e. The molecule has 1 rings (SSSR count). The van der Waals surface area contributed by atoms with Gasteiger partial charge in [-0.05, 0) is 18.8 Å². The maximum atomic E-state index is 11.8. The van der Waals surface area contributed by atoms with E-state index in [1.54, 1.807) is 7.05 Å². The molecular formula is C10H19N3O2. The second-order valence-corrected chi connectivity index (χ2v) is 4.35. The molecule has 0 aromatic carbocycles. The topological polar surface area (TPSA) is 84.2 Å². The first-order valence-corrected chi connectivity index (χ1v) is 5.23. The molecule has 0 bridgehead atoms. The van der Waals surface area contributed by atoms with Gasteiger partial charge >= 0.3 is 0 Å². The number of amides is 2. The van der Waals surface area contributed by atoms with E-state index in [-0.39, 0.29) is 18.4 Å². The minimum atomic E-state index is -0.423. The monoisotopic (exact) mass is 213 g/mol. The van der Waals surface area contributed by atoms with Gasteiger partial charge in [-0.25, -0.2) is 0 Å². The Kier molecular flexibility index (Phi) is 3.68. The van der Waals surface area contributed by atoms with E-state index in [1.165, 1.54) is 0 Å². The lowest BCUT2D eigenvalue weighted by molar-refractivity contribution is -0.139. The lowest BCUT2D eigenvalue weighted by Gasteiger charge is -2.44. The van der Waals surface area contributed by atoms with Gasteiger partial charge in [0.15, 0.2) is 0 Å². The van der Waals surface area contributed by atoms with Crippen molar-refractivity contribution in [2.45, 2.75) is 19.8 Å². The summed E-state index contributed by atoms with van der Waals surface area (Å²) in [5.74, 6) is 0.272. The summed E-state index contributed by atoms with van der Waals surface area (Å²) in [5.41, 5.74) is 5.19. The number of nitrogens with one attached hydrogen (secondary N) is 2. The smallest absolute Gasteiger partial charge is 0.239 e. The summed E-state index contributed by atoms with van der Waals surface area (Å²) in [5, 5.41) is 5.07. The van der Waals surface area contributed by atoms with E-state index >= 15 is 0 Å². The quantitative estimate of drug-likeness (QED) is 0.573. The van der Waals surface area contributed by atoms with Gasteiger partial charge in [0, 0.05) is 13.6 Å². The molecule has 0 aromatic rings. The number of rotatable bonds is 4. The molecule has 1 aliphatic carbocycles. The largest absolute Gasteiger partial charge is 0.358 e. The van der Waals surface area contributed by atoms with Crippen molar-refractivity contribution in [2.24, 2.45) is 17.1 Å². The Morgan fingerprint density at radius 3 is 2.47 bits per heavy atom. The van der Waals surface area contributed by atoms with Crippen LogP contribution in [0.5, 0.6) is 0 Å². The summed E-state index contributed by atoms with van der Waals surface area (Å²) in [7, 11) is 1.54. The van der Waals surface area contributed by atoms with Crippen LogP contribution in [0.3, 0.4) is 0 Å². The van der Waals surface area contributed by atoms with E-state index in [1.807, 2.05) is 0 Å². The van der Waals surface area contributed by atoms with Gasteiger partial charge in [-0.2, -0.15) is 0 Å². The first-order valence-electron chi connectivity index (χ1n) is 5.23. The summed E-state index contributed by atoms with van der Waals surface area (Å²) in [4.78, 5) is 22.7. The summed E-state index contributed by atoms with van der Waals surface area (Å²) in [6.07, 6.45) is 1.64. The van der Waals surface area contributed by atoms with Gasteiger partial charge in [0.25, 0.3) is 0 Å². The third-order valence-electron chi connectivity index (χ3n) is 3.04.